The van der Waals surface area contributed by atoms with E-state index in [-0.39, 0.29) is 11.6 Å². The molecule has 1 atom stereocenters. The predicted molar refractivity (Wildman–Crippen MR) is 78.5 cm³/mol. The monoisotopic (exact) mass is 337 g/mol. The van der Waals surface area contributed by atoms with Gasteiger partial charge in [-0.3, -0.25) is 4.79 Å². The van der Waals surface area contributed by atoms with E-state index in [1.807, 2.05) is 13.8 Å². The van der Waals surface area contributed by atoms with Crippen molar-refractivity contribution >= 4 is 21.7 Å². The standard InChI is InChI=1S/C16H17BrFNO/c1-15(2)6-3-7-16(10-19,14(15)20)9-11-4-5-12(18)8-13(11)17/h4-5,8H,3,6-7,9H2,1-2H3. The molecule has 1 aliphatic rings. The van der Waals surface area contributed by atoms with Gasteiger partial charge in [-0.1, -0.05) is 42.3 Å². The Balaban J connectivity index is 2.38. The summed E-state index contributed by atoms with van der Waals surface area (Å²) in [5, 5.41) is 9.59. The maximum atomic E-state index is 13.1. The maximum Gasteiger partial charge on any atom is 0.158 e. The fourth-order valence-electron chi connectivity index (χ4n) is 3.01. The molecule has 106 valence electrons. The number of ketones is 1. The van der Waals surface area contributed by atoms with Gasteiger partial charge >= 0.3 is 0 Å². The Kier molecular flexibility index (Phi) is 4.02. The van der Waals surface area contributed by atoms with Crippen LogP contribution in [0.4, 0.5) is 4.39 Å². The molecule has 0 heterocycles. The van der Waals surface area contributed by atoms with Gasteiger partial charge in [0.05, 0.1) is 6.07 Å². The summed E-state index contributed by atoms with van der Waals surface area (Å²) in [6, 6.07) is 6.63. The highest BCUT2D eigenvalue weighted by molar-refractivity contribution is 9.10. The van der Waals surface area contributed by atoms with Crippen LogP contribution in [-0.2, 0) is 11.2 Å². The quantitative estimate of drug-likeness (QED) is 0.801. The lowest BCUT2D eigenvalue weighted by molar-refractivity contribution is -0.138. The molecule has 20 heavy (non-hydrogen) atoms. The predicted octanol–water partition coefficient (Wildman–Crippen LogP) is 4.42. The Labute approximate surface area is 127 Å². The normalized spacial score (nSPS) is 25.2. The highest BCUT2D eigenvalue weighted by atomic mass is 79.9. The Bertz CT molecular complexity index is 591. The van der Waals surface area contributed by atoms with Crippen LogP contribution in [0.15, 0.2) is 22.7 Å². The second kappa shape index (κ2) is 5.29. The van der Waals surface area contributed by atoms with Crippen LogP contribution in [-0.4, -0.2) is 5.78 Å². The van der Waals surface area contributed by atoms with Crippen LogP contribution >= 0.6 is 15.9 Å². The minimum absolute atomic E-state index is 0.00924. The smallest absolute Gasteiger partial charge is 0.158 e. The van der Waals surface area contributed by atoms with Gasteiger partial charge in [0, 0.05) is 9.89 Å². The first kappa shape index (κ1) is 15.2. The van der Waals surface area contributed by atoms with E-state index in [0.29, 0.717) is 17.3 Å². The molecular formula is C16H17BrFNO. The molecule has 0 spiro atoms. The van der Waals surface area contributed by atoms with E-state index in [1.165, 1.54) is 12.1 Å². The number of rotatable bonds is 2. The van der Waals surface area contributed by atoms with Crippen LogP contribution < -0.4 is 0 Å². The largest absolute Gasteiger partial charge is 0.297 e. The highest BCUT2D eigenvalue weighted by Gasteiger charge is 2.49. The van der Waals surface area contributed by atoms with E-state index in [9.17, 15) is 14.4 Å². The number of benzene rings is 1. The van der Waals surface area contributed by atoms with Crippen LogP contribution in [0.3, 0.4) is 0 Å². The number of carbonyl (C=O) groups is 1. The van der Waals surface area contributed by atoms with Gasteiger partial charge in [-0.15, -0.1) is 0 Å². The van der Waals surface area contributed by atoms with Crippen LogP contribution in [0.25, 0.3) is 0 Å². The fraction of sp³-hybridized carbons (Fsp3) is 0.500. The number of carbonyl (C=O) groups excluding carboxylic acids is 1. The van der Waals surface area contributed by atoms with E-state index in [0.717, 1.165) is 18.4 Å². The Morgan fingerprint density at radius 3 is 2.70 bits per heavy atom. The van der Waals surface area contributed by atoms with Crippen molar-refractivity contribution in [3.63, 3.8) is 0 Å². The summed E-state index contributed by atoms with van der Waals surface area (Å²) >= 11 is 3.32. The van der Waals surface area contributed by atoms with E-state index in [2.05, 4.69) is 22.0 Å². The molecule has 0 aliphatic heterocycles. The molecule has 0 bridgehead atoms. The SMILES string of the molecule is CC1(C)CCCC(C#N)(Cc2ccc(F)cc2Br)C1=O. The average molecular weight is 338 g/mol. The van der Waals surface area contributed by atoms with Gasteiger partial charge in [0.25, 0.3) is 0 Å². The molecule has 1 fully saturated rings. The zero-order valence-electron chi connectivity index (χ0n) is 11.7. The number of nitrogens with zero attached hydrogens (tertiary/aromatic N) is 1. The molecule has 0 N–H and O–H groups in total. The fourth-order valence-corrected chi connectivity index (χ4v) is 3.50. The molecular weight excluding hydrogens is 321 g/mol. The summed E-state index contributed by atoms with van der Waals surface area (Å²) < 4.78 is 13.8. The van der Waals surface area contributed by atoms with Crippen molar-refractivity contribution in [2.45, 2.75) is 39.5 Å². The van der Waals surface area contributed by atoms with E-state index in [4.69, 9.17) is 0 Å². The topological polar surface area (TPSA) is 40.9 Å². The lowest BCUT2D eigenvalue weighted by atomic mass is 9.61. The minimum atomic E-state index is -0.984. The second-order valence-electron chi connectivity index (χ2n) is 6.17. The first-order valence-corrected chi connectivity index (χ1v) is 7.50. The lowest BCUT2D eigenvalue weighted by Gasteiger charge is -2.39. The number of hydrogen-bond acceptors (Lipinski definition) is 2. The molecule has 0 saturated heterocycles. The van der Waals surface area contributed by atoms with Crippen molar-refractivity contribution in [2.75, 3.05) is 0 Å². The zero-order chi connectivity index (χ0) is 15.0. The van der Waals surface area contributed by atoms with Gasteiger partial charge < -0.3 is 0 Å². The summed E-state index contributed by atoms with van der Waals surface area (Å²) in [5.74, 6) is -0.322. The van der Waals surface area contributed by atoms with Crippen LogP contribution in [0, 0.1) is 28.0 Å². The van der Waals surface area contributed by atoms with Gasteiger partial charge in [-0.05, 0) is 37.0 Å². The number of nitriles is 1. The van der Waals surface area contributed by atoms with Crippen molar-refractivity contribution in [3.8, 4) is 6.07 Å². The maximum absolute atomic E-state index is 13.1. The summed E-state index contributed by atoms with van der Waals surface area (Å²) in [4.78, 5) is 12.7. The van der Waals surface area contributed by atoms with Crippen molar-refractivity contribution in [1.82, 2.24) is 0 Å². The molecule has 1 aromatic carbocycles. The third-order valence-corrected chi connectivity index (χ3v) is 4.91. The lowest BCUT2D eigenvalue weighted by Crippen LogP contribution is -2.45. The van der Waals surface area contributed by atoms with Crippen LogP contribution in [0.2, 0.25) is 0 Å². The third-order valence-electron chi connectivity index (χ3n) is 4.18. The van der Waals surface area contributed by atoms with Crippen molar-refractivity contribution in [2.24, 2.45) is 10.8 Å². The molecule has 4 heteroatoms. The van der Waals surface area contributed by atoms with Gasteiger partial charge in [0.1, 0.15) is 11.2 Å². The second-order valence-corrected chi connectivity index (χ2v) is 7.03. The van der Waals surface area contributed by atoms with Crippen LogP contribution in [0.5, 0.6) is 0 Å². The molecule has 0 amide bonds. The van der Waals surface area contributed by atoms with E-state index < -0.39 is 10.8 Å². The Hall–Kier alpha value is -1.21. The molecule has 2 nitrogen and oxygen atoms in total. The summed E-state index contributed by atoms with van der Waals surface area (Å²) in [5.41, 5.74) is -0.637. The molecule has 1 aliphatic carbocycles. The van der Waals surface area contributed by atoms with Crippen molar-refractivity contribution in [3.05, 3.63) is 34.1 Å². The Morgan fingerprint density at radius 2 is 2.10 bits per heavy atom. The molecule has 1 saturated carbocycles. The summed E-state index contributed by atoms with van der Waals surface area (Å²) in [6.45, 7) is 3.81. The van der Waals surface area contributed by atoms with E-state index in [1.54, 1.807) is 6.07 Å². The van der Waals surface area contributed by atoms with Gasteiger partial charge in [0.2, 0.25) is 0 Å². The highest BCUT2D eigenvalue weighted by Crippen LogP contribution is 2.45. The van der Waals surface area contributed by atoms with Gasteiger partial charge in [-0.25, -0.2) is 4.39 Å². The summed E-state index contributed by atoms with van der Waals surface area (Å²) in [7, 11) is 0. The minimum Gasteiger partial charge on any atom is -0.297 e. The number of hydrogen-bond donors (Lipinski definition) is 0. The third kappa shape index (κ3) is 2.64. The zero-order valence-corrected chi connectivity index (χ0v) is 13.3. The molecule has 1 unspecified atom stereocenters. The molecule has 2 rings (SSSR count). The number of Topliss-reactive ketones (excluding diaryl/α,β-unsaturated/α-hetero) is 1. The van der Waals surface area contributed by atoms with Gasteiger partial charge in [0.15, 0.2) is 5.78 Å². The van der Waals surface area contributed by atoms with E-state index >= 15 is 0 Å². The summed E-state index contributed by atoms with van der Waals surface area (Å²) in [6.07, 6.45) is 2.60. The average Bonchev–Trinajstić information content (AvgIpc) is 2.38. The van der Waals surface area contributed by atoms with Crippen molar-refractivity contribution < 1.29 is 9.18 Å². The first-order valence-electron chi connectivity index (χ1n) is 6.71. The molecule has 1 aromatic rings. The molecule has 0 aromatic heterocycles. The van der Waals surface area contributed by atoms with Gasteiger partial charge in [-0.2, -0.15) is 5.26 Å². The molecule has 0 radical (unpaired) electrons. The number of halogens is 2. The van der Waals surface area contributed by atoms with Crippen LogP contribution in [0.1, 0.15) is 38.7 Å². The first-order chi connectivity index (χ1) is 9.31. The van der Waals surface area contributed by atoms with Crippen molar-refractivity contribution in [1.29, 1.82) is 5.26 Å². The Morgan fingerprint density at radius 1 is 1.40 bits per heavy atom.